The Morgan fingerprint density at radius 2 is 2.15 bits per heavy atom. The van der Waals surface area contributed by atoms with Crippen LogP contribution >= 0.6 is 0 Å². The van der Waals surface area contributed by atoms with Crippen LogP contribution in [0.4, 0.5) is 0 Å². The van der Waals surface area contributed by atoms with Crippen molar-refractivity contribution in [3.05, 3.63) is 12.2 Å². The van der Waals surface area contributed by atoms with Crippen molar-refractivity contribution in [3.8, 4) is 0 Å². The van der Waals surface area contributed by atoms with Crippen molar-refractivity contribution in [1.29, 1.82) is 0 Å². The number of hydrogen-bond donors (Lipinski definition) is 1. The highest BCUT2D eigenvalue weighted by Crippen LogP contribution is 2.11. The SMILES string of the molecule is CCCC1NC(=O)CN(Cc2ncnn2CCC)C1=O. The van der Waals surface area contributed by atoms with E-state index in [0.29, 0.717) is 13.0 Å². The van der Waals surface area contributed by atoms with E-state index in [4.69, 9.17) is 0 Å². The van der Waals surface area contributed by atoms with Crippen molar-refractivity contribution in [2.24, 2.45) is 0 Å². The lowest BCUT2D eigenvalue weighted by Crippen LogP contribution is -2.57. The molecule has 1 atom stereocenters. The Morgan fingerprint density at radius 1 is 1.35 bits per heavy atom. The third kappa shape index (κ3) is 3.15. The molecule has 0 saturated carbocycles. The summed E-state index contributed by atoms with van der Waals surface area (Å²) in [6.45, 7) is 5.25. The van der Waals surface area contributed by atoms with Gasteiger partial charge in [-0.05, 0) is 12.8 Å². The zero-order valence-corrected chi connectivity index (χ0v) is 12.0. The van der Waals surface area contributed by atoms with Crippen LogP contribution < -0.4 is 5.32 Å². The minimum absolute atomic E-state index is 0.0301. The Morgan fingerprint density at radius 3 is 2.85 bits per heavy atom. The van der Waals surface area contributed by atoms with Crippen LogP contribution in [0.1, 0.15) is 38.9 Å². The van der Waals surface area contributed by atoms with Crippen LogP contribution in [0.3, 0.4) is 0 Å². The number of carbonyl (C=O) groups excluding carboxylic acids is 2. The third-order valence-corrected chi connectivity index (χ3v) is 3.32. The maximum Gasteiger partial charge on any atom is 0.246 e. The van der Waals surface area contributed by atoms with Crippen LogP contribution in [0.5, 0.6) is 0 Å². The van der Waals surface area contributed by atoms with Crippen molar-refractivity contribution in [2.45, 2.75) is 52.2 Å². The average molecular weight is 279 g/mol. The maximum atomic E-state index is 12.3. The Balaban J connectivity index is 2.08. The first-order valence-electron chi connectivity index (χ1n) is 7.10. The molecule has 1 aliphatic heterocycles. The van der Waals surface area contributed by atoms with E-state index in [-0.39, 0.29) is 18.4 Å². The molecular weight excluding hydrogens is 258 g/mol. The second kappa shape index (κ2) is 6.49. The molecule has 1 aliphatic rings. The van der Waals surface area contributed by atoms with E-state index < -0.39 is 6.04 Å². The Labute approximate surface area is 118 Å². The van der Waals surface area contributed by atoms with Gasteiger partial charge in [-0.3, -0.25) is 9.59 Å². The van der Waals surface area contributed by atoms with Crippen LogP contribution in [-0.4, -0.2) is 44.1 Å². The highest BCUT2D eigenvalue weighted by Gasteiger charge is 2.32. The second-order valence-electron chi connectivity index (χ2n) is 5.00. The molecule has 2 heterocycles. The van der Waals surface area contributed by atoms with Crippen LogP contribution in [0, 0.1) is 0 Å². The van der Waals surface area contributed by atoms with E-state index in [1.165, 1.54) is 6.33 Å². The fraction of sp³-hybridized carbons (Fsp3) is 0.692. The molecule has 1 unspecified atom stereocenters. The number of rotatable bonds is 6. The largest absolute Gasteiger partial charge is 0.343 e. The first kappa shape index (κ1) is 14.5. The monoisotopic (exact) mass is 279 g/mol. The molecule has 0 radical (unpaired) electrons. The molecule has 2 rings (SSSR count). The zero-order valence-electron chi connectivity index (χ0n) is 12.0. The summed E-state index contributed by atoms with van der Waals surface area (Å²) >= 11 is 0. The van der Waals surface area contributed by atoms with Crippen molar-refractivity contribution in [2.75, 3.05) is 6.54 Å². The molecule has 0 aliphatic carbocycles. The summed E-state index contributed by atoms with van der Waals surface area (Å²) in [5, 5.41) is 6.88. The number of piperazine rings is 1. The normalized spacial score (nSPS) is 19.3. The third-order valence-electron chi connectivity index (χ3n) is 3.32. The lowest BCUT2D eigenvalue weighted by molar-refractivity contribution is -0.145. The fourth-order valence-corrected chi connectivity index (χ4v) is 2.37. The van der Waals surface area contributed by atoms with Crippen molar-refractivity contribution in [3.63, 3.8) is 0 Å². The van der Waals surface area contributed by atoms with Crippen LogP contribution in [0.15, 0.2) is 6.33 Å². The minimum atomic E-state index is -0.399. The highest BCUT2D eigenvalue weighted by molar-refractivity contribution is 5.94. The van der Waals surface area contributed by atoms with E-state index in [9.17, 15) is 9.59 Å². The van der Waals surface area contributed by atoms with Gasteiger partial charge >= 0.3 is 0 Å². The minimum Gasteiger partial charge on any atom is -0.343 e. The Kier molecular flexibility index (Phi) is 4.70. The Bertz CT molecular complexity index is 485. The molecule has 1 aromatic heterocycles. The van der Waals surface area contributed by atoms with E-state index in [2.05, 4.69) is 22.3 Å². The van der Waals surface area contributed by atoms with Crippen molar-refractivity contribution >= 4 is 11.8 Å². The topological polar surface area (TPSA) is 80.1 Å². The zero-order chi connectivity index (χ0) is 14.5. The number of amides is 2. The predicted octanol–water partition coefficient (Wildman–Crippen LogP) is 0.315. The van der Waals surface area contributed by atoms with E-state index in [1.807, 2.05) is 6.92 Å². The predicted molar refractivity (Wildman–Crippen MR) is 72.6 cm³/mol. The van der Waals surface area contributed by atoms with Gasteiger partial charge in [0, 0.05) is 6.54 Å². The highest BCUT2D eigenvalue weighted by atomic mass is 16.2. The molecule has 7 heteroatoms. The molecule has 7 nitrogen and oxygen atoms in total. The lowest BCUT2D eigenvalue weighted by atomic mass is 10.1. The van der Waals surface area contributed by atoms with Gasteiger partial charge in [-0.1, -0.05) is 20.3 Å². The number of carbonyl (C=O) groups is 2. The summed E-state index contributed by atoms with van der Waals surface area (Å²) in [7, 11) is 0. The van der Waals surface area contributed by atoms with E-state index in [1.54, 1.807) is 9.58 Å². The van der Waals surface area contributed by atoms with Gasteiger partial charge in [-0.2, -0.15) is 5.10 Å². The summed E-state index contributed by atoms with van der Waals surface area (Å²) in [5.41, 5.74) is 0. The second-order valence-corrected chi connectivity index (χ2v) is 5.00. The molecule has 2 amide bonds. The maximum absolute atomic E-state index is 12.3. The van der Waals surface area contributed by atoms with Crippen molar-refractivity contribution in [1.82, 2.24) is 25.0 Å². The van der Waals surface area contributed by atoms with Gasteiger partial charge < -0.3 is 10.2 Å². The summed E-state index contributed by atoms with van der Waals surface area (Å²) in [6.07, 6.45) is 3.96. The van der Waals surface area contributed by atoms with Gasteiger partial charge in [0.2, 0.25) is 11.8 Å². The fourth-order valence-electron chi connectivity index (χ4n) is 2.37. The van der Waals surface area contributed by atoms with Gasteiger partial charge in [0.25, 0.3) is 0 Å². The standard InChI is InChI=1S/C13H21N5O2/c1-3-5-10-13(20)17(8-12(19)16-10)7-11-14-9-15-18(11)6-4-2/h9-10H,3-8H2,1-2H3,(H,16,19). The van der Waals surface area contributed by atoms with Gasteiger partial charge in [0.1, 0.15) is 24.7 Å². The van der Waals surface area contributed by atoms with Gasteiger partial charge in [-0.25, -0.2) is 9.67 Å². The van der Waals surface area contributed by atoms with Gasteiger partial charge in [-0.15, -0.1) is 0 Å². The van der Waals surface area contributed by atoms with E-state index >= 15 is 0 Å². The first-order chi connectivity index (χ1) is 9.65. The molecule has 0 aromatic carbocycles. The summed E-state index contributed by atoms with van der Waals surface area (Å²) in [6, 6.07) is -0.399. The molecule has 0 spiro atoms. The Hall–Kier alpha value is -1.92. The van der Waals surface area contributed by atoms with Crippen molar-refractivity contribution < 1.29 is 9.59 Å². The smallest absolute Gasteiger partial charge is 0.246 e. The summed E-state index contributed by atoms with van der Waals surface area (Å²) < 4.78 is 1.79. The lowest BCUT2D eigenvalue weighted by Gasteiger charge is -2.32. The number of hydrogen-bond acceptors (Lipinski definition) is 4. The summed E-state index contributed by atoms with van der Waals surface area (Å²) in [4.78, 5) is 29.8. The molecule has 1 saturated heterocycles. The van der Waals surface area contributed by atoms with Crippen LogP contribution in [-0.2, 0) is 22.7 Å². The number of nitrogens with one attached hydrogen (secondary N) is 1. The molecule has 110 valence electrons. The molecule has 20 heavy (non-hydrogen) atoms. The molecule has 1 fully saturated rings. The number of aryl methyl sites for hydroxylation is 1. The van der Waals surface area contributed by atoms with E-state index in [0.717, 1.165) is 25.2 Å². The number of aromatic nitrogens is 3. The van der Waals surface area contributed by atoms with Crippen LogP contribution in [0.2, 0.25) is 0 Å². The van der Waals surface area contributed by atoms with Crippen LogP contribution in [0.25, 0.3) is 0 Å². The quantitative estimate of drug-likeness (QED) is 0.813. The number of nitrogens with zero attached hydrogens (tertiary/aromatic N) is 4. The molecule has 0 bridgehead atoms. The first-order valence-corrected chi connectivity index (χ1v) is 7.10. The molecular formula is C13H21N5O2. The summed E-state index contributed by atoms with van der Waals surface area (Å²) in [5.74, 6) is 0.590. The average Bonchev–Trinajstić information content (AvgIpc) is 2.83. The molecule has 1 N–H and O–H groups in total. The van der Waals surface area contributed by atoms with Gasteiger partial charge in [0.05, 0.1) is 6.54 Å². The van der Waals surface area contributed by atoms with Gasteiger partial charge in [0.15, 0.2) is 0 Å². The molecule has 1 aromatic rings.